The molecule has 4 heteroatoms. The second-order valence-corrected chi connectivity index (χ2v) is 7.69. The third kappa shape index (κ3) is 4.28. The van der Waals surface area contributed by atoms with Gasteiger partial charge in [0.1, 0.15) is 0 Å². The summed E-state index contributed by atoms with van der Waals surface area (Å²) >= 11 is 0. The first-order chi connectivity index (χ1) is 14.7. The minimum atomic E-state index is -0.00259. The Hall–Kier alpha value is -3.40. The zero-order chi connectivity index (χ0) is 20.9. The van der Waals surface area contributed by atoms with E-state index in [9.17, 15) is 4.79 Å². The zero-order valence-electron chi connectivity index (χ0n) is 17.5. The van der Waals surface area contributed by atoms with Gasteiger partial charge in [0.15, 0.2) is 0 Å². The van der Waals surface area contributed by atoms with E-state index in [2.05, 4.69) is 83.4 Å². The molecule has 1 N–H and O–H groups in total. The van der Waals surface area contributed by atoms with Gasteiger partial charge in [-0.05, 0) is 42.7 Å². The molecule has 0 saturated carbocycles. The van der Waals surface area contributed by atoms with Crippen molar-refractivity contribution in [1.82, 2.24) is 14.9 Å². The number of hydrogen-bond acceptors (Lipinski definition) is 2. The Morgan fingerprint density at radius 2 is 1.87 bits per heavy atom. The quantitative estimate of drug-likeness (QED) is 0.466. The molecule has 2 aromatic carbocycles. The normalized spacial score (nSPS) is 12.1. The number of carbonyl (C=O) groups excluding carboxylic acids is 1. The molecule has 0 aliphatic heterocycles. The van der Waals surface area contributed by atoms with E-state index in [4.69, 9.17) is 0 Å². The van der Waals surface area contributed by atoms with Crippen molar-refractivity contribution in [3.05, 3.63) is 102 Å². The Morgan fingerprint density at radius 1 is 1.07 bits per heavy atom. The van der Waals surface area contributed by atoms with E-state index in [-0.39, 0.29) is 11.8 Å². The number of rotatable bonds is 7. The van der Waals surface area contributed by atoms with Gasteiger partial charge in [-0.3, -0.25) is 9.78 Å². The lowest BCUT2D eigenvalue weighted by atomic mass is 9.87. The predicted molar refractivity (Wildman–Crippen MR) is 121 cm³/mol. The number of nitrogens with one attached hydrogen (secondary N) is 1. The number of aryl methyl sites for hydroxylation is 2. The maximum atomic E-state index is 12.9. The van der Waals surface area contributed by atoms with Gasteiger partial charge in [0.25, 0.3) is 0 Å². The molecule has 4 nitrogen and oxygen atoms in total. The van der Waals surface area contributed by atoms with Gasteiger partial charge in [-0.25, -0.2) is 0 Å². The molecule has 1 unspecified atom stereocenters. The highest BCUT2D eigenvalue weighted by Crippen LogP contribution is 2.35. The molecule has 0 spiro atoms. The molecule has 0 saturated heterocycles. The van der Waals surface area contributed by atoms with Crippen LogP contribution in [0, 0.1) is 6.92 Å². The van der Waals surface area contributed by atoms with Crippen molar-refractivity contribution < 1.29 is 4.79 Å². The van der Waals surface area contributed by atoms with Crippen LogP contribution < -0.4 is 5.32 Å². The Balaban J connectivity index is 1.65. The van der Waals surface area contributed by atoms with E-state index in [0.717, 1.165) is 17.7 Å². The molecule has 0 bridgehead atoms. The van der Waals surface area contributed by atoms with Crippen molar-refractivity contribution in [3.63, 3.8) is 0 Å². The average molecular weight is 398 g/mol. The maximum Gasteiger partial charge on any atom is 0.221 e. The molecule has 30 heavy (non-hydrogen) atoms. The van der Waals surface area contributed by atoms with Crippen molar-refractivity contribution in [2.24, 2.45) is 0 Å². The second kappa shape index (κ2) is 8.95. The van der Waals surface area contributed by atoms with Crippen molar-refractivity contribution >= 4 is 16.8 Å². The van der Waals surface area contributed by atoms with Crippen LogP contribution >= 0.6 is 0 Å². The van der Waals surface area contributed by atoms with E-state index in [1.165, 1.54) is 22.0 Å². The summed E-state index contributed by atoms with van der Waals surface area (Å²) in [6.07, 6.45) is 6.14. The minimum absolute atomic E-state index is 0.00259. The van der Waals surface area contributed by atoms with Crippen LogP contribution in [0.1, 0.15) is 41.5 Å². The molecular weight excluding hydrogens is 370 g/mol. The van der Waals surface area contributed by atoms with Crippen LogP contribution in [0.4, 0.5) is 0 Å². The van der Waals surface area contributed by atoms with Crippen LogP contribution in [0.15, 0.2) is 79.3 Å². The number of hydrogen-bond donors (Lipinski definition) is 1. The smallest absolute Gasteiger partial charge is 0.221 e. The molecule has 1 atom stereocenters. The van der Waals surface area contributed by atoms with Crippen LogP contribution in [-0.2, 0) is 17.9 Å². The van der Waals surface area contributed by atoms with E-state index < -0.39 is 0 Å². The third-order valence-electron chi connectivity index (χ3n) is 5.62. The molecule has 2 heterocycles. The monoisotopic (exact) mass is 397 g/mol. The third-order valence-corrected chi connectivity index (χ3v) is 5.62. The molecule has 1 amide bonds. The summed E-state index contributed by atoms with van der Waals surface area (Å²) < 4.78 is 2.26. The highest BCUT2D eigenvalue weighted by molar-refractivity contribution is 5.86. The van der Waals surface area contributed by atoms with Crippen molar-refractivity contribution in [2.75, 3.05) is 0 Å². The number of aromatic nitrogens is 2. The number of benzene rings is 2. The molecular formula is C26H27N3O. The summed E-state index contributed by atoms with van der Waals surface area (Å²) in [6.45, 7) is 5.62. The van der Waals surface area contributed by atoms with Gasteiger partial charge in [-0.1, -0.05) is 54.1 Å². The molecule has 0 fully saturated rings. The Labute approximate surface area is 177 Å². The first kappa shape index (κ1) is 19.9. The Morgan fingerprint density at radius 3 is 2.60 bits per heavy atom. The lowest BCUT2D eigenvalue weighted by Gasteiger charge is -2.18. The van der Waals surface area contributed by atoms with E-state index >= 15 is 0 Å². The summed E-state index contributed by atoms with van der Waals surface area (Å²) in [5.74, 6) is 0.0370. The highest BCUT2D eigenvalue weighted by atomic mass is 16.1. The largest absolute Gasteiger partial charge is 0.352 e. The van der Waals surface area contributed by atoms with Gasteiger partial charge in [0.2, 0.25) is 5.91 Å². The zero-order valence-corrected chi connectivity index (χ0v) is 17.5. The van der Waals surface area contributed by atoms with E-state index in [1.54, 1.807) is 12.4 Å². The number of nitrogens with zero attached hydrogens (tertiary/aromatic N) is 2. The fourth-order valence-corrected chi connectivity index (χ4v) is 3.98. The van der Waals surface area contributed by atoms with Crippen LogP contribution in [-0.4, -0.2) is 15.5 Å². The van der Waals surface area contributed by atoms with E-state index in [0.29, 0.717) is 13.0 Å². The average Bonchev–Trinajstić information content (AvgIpc) is 3.16. The van der Waals surface area contributed by atoms with Gasteiger partial charge >= 0.3 is 0 Å². The van der Waals surface area contributed by atoms with E-state index in [1.807, 2.05) is 12.1 Å². The molecule has 152 valence electrons. The Bertz CT molecular complexity index is 1130. The van der Waals surface area contributed by atoms with Crippen molar-refractivity contribution in [3.8, 4) is 0 Å². The summed E-state index contributed by atoms with van der Waals surface area (Å²) in [7, 11) is 0. The number of amides is 1. The first-order valence-electron chi connectivity index (χ1n) is 10.5. The summed E-state index contributed by atoms with van der Waals surface area (Å²) in [5.41, 5.74) is 5.79. The molecule has 0 radical (unpaired) electrons. The highest BCUT2D eigenvalue weighted by Gasteiger charge is 2.22. The number of para-hydroxylation sites is 1. The molecule has 4 aromatic rings. The molecule has 2 aromatic heterocycles. The van der Waals surface area contributed by atoms with Gasteiger partial charge in [-0.15, -0.1) is 0 Å². The predicted octanol–water partition coefficient (Wildman–Crippen LogP) is 5.20. The SMILES string of the molecule is CCn1cc(C(CC(=O)NCc2cccnc2)c2ccc(C)cc2)c2ccccc21. The molecule has 4 rings (SSSR count). The number of fused-ring (bicyclic) bond motifs is 1. The van der Waals surface area contributed by atoms with Gasteiger partial charge in [-0.2, -0.15) is 0 Å². The first-order valence-corrected chi connectivity index (χ1v) is 10.5. The topological polar surface area (TPSA) is 46.9 Å². The van der Waals surface area contributed by atoms with Crippen molar-refractivity contribution in [1.29, 1.82) is 0 Å². The lowest BCUT2D eigenvalue weighted by molar-refractivity contribution is -0.121. The van der Waals surface area contributed by atoms with Gasteiger partial charge in [0, 0.05) is 54.9 Å². The lowest BCUT2D eigenvalue weighted by Crippen LogP contribution is -2.25. The van der Waals surface area contributed by atoms with Crippen LogP contribution in [0.5, 0.6) is 0 Å². The number of pyridine rings is 1. The van der Waals surface area contributed by atoms with Crippen LogP contribution in [0.25, 0.3) is 10.9 Å². The summed E-state index contributed by atoms with van der Waals surface area (Å²) in [5, 5.41) is 4.28. The Kier molecular flexibility index (Phi) is 5.94. The van der Waals surface area contributed by atoms with Gasteiger partial charge in [0.05, 0.1) is 0 Å². The standard InChI is InChI=1S/C26H27N3O/c1-3-29-18-24(22-8-4-5-9-25(22)29)23(21-12-10-19(2)11-13-21)15-26(30)28-17-20-7-6-14-27-16-20/h4-14,16,18,23H,3,15,17H2,1-2H3,(H,28,30). The second-order valence-electron chi connectivity index (χ2n) is 7.69. The fourth-order valence-electron chi connectivity index (χ4n) is 3.98. The summed E-state index contributed by atoms with van der Waals surface area (Å²) in [4.78, 5) is 17.0. The maximum absolute atomic E-state index is 12.9. The molecule has 0 aliphatic carbocycles. The van der Waals surface area contributed by atoms with Crippen LogP contribution in [0.3, 0.4) is 0 Å². The van der Waals surface area contributed by atoms with Crippen molar-refractivity contribution in [2.45, 2.75) is 39.3 Å². The summed E-state index contributed by atoms with van der Waals surface area (Å²) in [6, 6.07) is 20.8. The van der Waals surface area contributed by atoms with Crippen LogP contribution in [0.2, 0.25) is 0 Å². The minimum Gasteiger partial charge on any atom is -0.352 e. The number of carbonyl (C=O) groups is 1. The fraction of sp³-hybridized carbons (Fsp3) is 0.231. The molecule has 0 aliphatic rings. The van der Waals surface area contributed by atoms with Gasteiger partial charge < -0.3 is 9.88 Å².